The average Bonchev–Trinajstić information content (AvgIpc) is 2.99. The monoisotopic (exact) mass is 528 g/mol. The highest BCUT2D eigenvalue weighted by Crippen LogP contribution is 2.42. The molecule has 1 atom stereocenters. The molecular weight excluding hydrogens is 496 g/mol. The number of anilines is 3. The zero-order valence-electron chi connectivity index (χ0n) is 21.7. The van der Waals surface area contributed by atoms with Gasteiger partial charge in [0, 0.05) is 43.3 Å². The van der Waals surface area contributed by atoms with Crippen LogP contribution in [-0.2, 0) is 4.74 Å². The Kier molecular flexibility index (Phi) is 7.35. The van der Waals surface area contributed by atoms with Gasteiger partial charge in [-0.2, -0.15) is 4.98 Å². The van der Waals surface area contributed by atoms with Crippen LogP contribution in [0.2, 0.25) is 0 Å². The van der Waals surface area contributed by atoms with E-state index in [1.54, 1.807) is 6.20 Å². The van der Waals surface area contributed by atoms with Gasteiger partial charge in [-0.1, -0.05) is 18.2 Å². The van der Waals surface area contributed by atoms with Gasteiger partial charge in [-0.3, -0.25) is 4.57 Å². The third-order valence-corrected chi connectivity index (χ3v) is 7.02. The predicted molar refractivity (Wildman–Crippen MR) is 150 cm³/mol. The standard InChI is InChI=1S/C28H32N8O3/c29-8-1-9-30-15-19-2-5-22(6-3-19)36-18-25-26(34-28(36)37)33-23-7-4-20(14-24(23)39-25)21-16-31-27(32-17-21)35-10-12-38-13-11-35/h2,4-7,14,16-19,30H,1,3,8-13,15,29H2,(H,33,34,37). The van der Waals surface area contributed by atoms with Crippen LogP contribution >= 0.6 is 0 Å². The molecule has 0 amide bonds. The molecule has 1 fully saturated rings. The first kappa shape index (κ1) is 25.2. The number of fused-ring (bicyclic) bond motifs is 2. The molecule has 4 heterocycles. The van der Waals surface area contributed by atoms with Crippen molar-refractivity contribution in [1.29, 1.82) is 0 Å². The van der Waals surface area contributed by atoms with E-state index in [0.717, 1.165) is 61.5 Å². The van der Waals surface area contributed by atoms with E-state index in [-0.39, 0.29) is 5.69 Å². The summed E-state index contributed by atoms with van der Waals surface area (Å²) in [5.41, 5.74) is 8.53. The number of hydrogen-bond acceptors (Lipinski definition) is 10. The van der Waals surface area contributed by atoms with E-state index in [1.807, 2.05) is 36.7 Å². The van der Waals surface area contributed by atoms with Gasteiger partial charge in [-0.15, -0.1) is 0 Å². The minimum Gasteiger partial charge on any atom is -0.450 e. The van der Waals surface area contributed by atoms with E-state index < -0.39 is 0 Å². The van der Waals surface area contributed by atoms with Gasteiger partial charge in [0.2, 0.25) is 5.95 Å². The largest absolute Gasteiger partial charge is 0.450 e. The second kappa shape index (κ2) is 11.4. The number of nitrogens with zero attached hydrogens (tertiary/aromatic N) is 5. The normalized spacial score (nSPS) is 18.0. The van der Waals surface area contributed by atoms with Crippen molar-refractivity contribution in [3.63, 3.8) is 0 Å². The van der Waals surface area contributed by atoms with Crippen LogP contribution in [-0.4, -0.2) is 65.5 Å². The molecule has 6 rings (SSSR count). The van der Waals surface area contributed by atoms with E-state index in [1.165, 1.54) is 4.57 Å². The second-order valence-corrected chi connectivity index (χ2v) is 9.75. The van der Waals surface area contributed by atoms with Crippen molar-refractivity contribution in [1.82, 2.24) is 24.8 Å². The molecule has 0 radical (unpaired) electrons. The number of nitrogens with two attached hydrogens (primary N) is 1. The maximum absolute atomic E-state index is 12.8. The maximum Gasteiger partial charge on any atom is 0.354 e. The number of aromatic nitrogens is 4. The lowest BCUT2D eigenvalue weighted by Crippen LogP contribution is -2.37. The van der Waals surface area contributed by atoms with Gasteiger partial charge in [0.1, 0.15) is 0 Å². The molecule has 4 N–H and O–H groups in total. The number of ether oxygens (including phenoxy) is 2. The number of morpholine rings is 1. The number of hydrogen-bond donors (Lipinski definition) is 3. The van der Waals surface area contributed by atoms with E-state index in [9.17, 15) is 4.79 Å². The van der Waals surface area contributed by atoms with E-state index in [2.05, 4.69) is 42.6 Å². The molecule has 0 saturated carbocycles. The summed E-state index contributed by atoms with van der Waals surface area (Å²) in [4.78, 5) is 28.3. The Hall–Kier alpha value is -4.06. The van der Waals surface area contributed by atoms with Crippen molar-refractivity contribution in [3.8, 4) is 22.6 Å². The lowest BCUT2D eigenvalue weighted by molar-refractivity contribution is 0.122. The molecule has 3 aromatic rings. The summed E-state index contributed by atoms with van der Waals surface area (Å²) in [6, 6.07) is 5.81. The molecule has 202 valence electrons. The first-order valence-electron chi connectivity index (χ1n) is 13.4. The molecule has 1 aliphatic carbocycles. The van der Waals surface area contributed by atoms with Crippen LogP contribution in [0, 0.1) is 5.92 Å². The molecule has 1 saturated heterocycles. The molecule has 2 aliphatic heterocycles. The van der Waals surface area contributed by atoms with Gasteiger partial charge < -0.3 is 30.7 Å². The minimum absolute atomic E-state index is 0.363. The second-order valence-electron chi connectivity index (χ2n) is 9.75. The summed E-state index contributed by atoms with van der Waals surface area (Å²) in [6.07, 6.45) is 13.3. The molecule has 3 aliphatic rings. The molecule has 1 unspecified atom stereocenters. The Morgan fingerprint density at radius 1 is 1.13 bits per heavy atom. The third kappa shape index (κ3) is 5.56. The van der Waals surface area contributed by atoms with Crippen molar-refractivity contribution < 1.29 is 9.47 Å². The van der Waals surface area contributed by atoms with Crippen LogP contribution < -0.4 is 31.7 Å². The summed E-state index contributed by atoms with van der Waals surface area (Å²) in [5.74, 6) is 2.61. The Balaban J connectivity index is 1.17. The smallest absolute Gasteiger partial charge is 0.354 e. The summed E-state index contributed by atoms with van der Waals surface area (Å²) < 4.78 is 13.2. The van der Waals surface area contributed by atoms with Gasteiger partial charge in [-0.05, 0) is 55.6 Å². The van der Waals surface area contributed by atoms with Gasteiger partial charge in [0.15, 0.2) is 17.3 Å². The lowest BCUT2D eigenvalue weighted by atomic mass is 9.99. The zero-order chi connectivity index (χ0) is 26.6. The molecular formula is C28H32N8O3. The van der Waals surface area contributed by atoms with E-state index in [0.29, 0.717) is 48.9 Å². The van der Waals surface area contributed by atoms with Crippen LogP contribution in [0.5, 0.6) is 11.5 Å². The van der Waals surface area contributed by atoms with Crippen LogP contribution in [0.25, 0.3) is 16.8 Å². The molecule has 0 bridgehead atoms. The fourth-order valence-corrected chi connectivity index (χ4v) is 4.82. The highest BCUT2D eigenvalue weighted by Gasteiger charge is 2.22. The summed E-state index contributed by atoms with van der Waals surface area (Å²) in [6.45, 7) is 5.42. The molecule has 39 heavy (non-hydrogen) atoms. The molecule has 2 aromatic heterocycles. The molecule has 1 aromatic carbocycles. The minimum atomic E-state index is -0.363. The van der Waals surface area contributed by atoms with Crippen LogP contribution in [0.1, 0.15) is 12.8 Å². The Labute approximate surface area is 226 Å². The number of allylic oxidation sites excluding steroid dienone is 3. The molecule has 0 spiro atoms. The average molecular weight is 529 g/mol. The van der Waals surface area contributed by atoms with Gasteiger partial charge in [0.05, 0.1) is 25.1 Å². The Morgan fingerprint density at radius 2 is 1.97 bits per heavy atom. The Bertz CT molecular complexity index is 1440. The molecule has 11 nitrogen and oxygen atoms in total. The highest BCUT2D eigenvalue weighted by atomic mass is 16.5. The molecule has 11 heteroatoms. The van der Waals surface area contributed by atoms with E-state index >= 15 is 0 Å². The predicted octanol–water partition coefficient (Wildman–Crippen LogP) is 2.74. The summed E-state index contributed by atoms with van der Waals surface area (Å²) in [7, 11) is 0. The van der Waals surface area contributed by atoms with Crippen molar-refractivity contribution in [2.45, 2.75) is 12.8 Å². The first-order chi connectivity index (χ1) is 19.2. The third-order valence-electron chi connectivity index (χ3n) is 7.02. The zero-order valence-corrected chi connectivity index (χ0v) is 21.7. The van der Waals surface area contributed by atoms with Crippen molar-refractivity contribution in [3.05, 3.63) is 65.5 Å². The number of nitrogens with one attached hydrogen (secondary N) is 2. The van der Waals surface area contributed by atoms with Crippen LogP contribution in [0.4, 0.5) is 17.5 Å². The van der Waals surface area contributed by atoms with Crippen molar-refractivity contribution in [2.75, 3.05) is 56.2 Å². The number of benzene rings is 1. The Morgan fingerprint density at radius 3 is 2.74 bits per heavy atom. The first-order valence-corrected chi connectivity index (χ1v) is 13.4. The van der Waals surface area contributed by atoms with Crippen molar-refractivity contribution in [2.24, 2.45) is 11.7 Å². The maximum atomic E-state index is 12.8. The highest BCUT2D eigenvalue weighted by molar-refractivity contribution is 5.77. The summed E-state index contributed by atoms with van der Waals surface area (Å²) in [5, 5.41) is 6.65. The van der Waals surface area contributed by atoms with E-state index in [4.69, 9.17) is 15.2 Å². The topological polar surface area (TPSA) is 132 Å². The van der Waals surface area contributed by atoms with Crippen molar-refractivity contribution >= 4 is 23.2 Å². The van der Waals surface area contributed by atoms with Gasteiger partial charge in [0.25, 0.3) is 0 Å². The van der Waals surface area contributed by atoms with Crippen LogP contribution in [0.15, 0.2) is 59.8 Å². The summed E-state index contributed by atoms with van der Waals surface area (Å²) >= 11 is 0. The fourth-order valence-electron chi connectivity index (χ4n) is 4.82. The lowest BCUT2D eigenvalue weighted by Gasteiger charge is -2.26. The van der Waals surface area contributed by atoms with Crippen LogP contribution in [0.3, 0.4) is 0 Å². The SMILES string of the molecule is NCCCNCC1C=CC(n2cc3c(nc2=O)Nc2ccc(-c4cnc(N5CCOCC5)nc4)cc2O3)=CC1. The van der Waals surface area contributed by atoms with Gasteiger partial charge in [-0.25, -0.2) is 14.8 Å². The quantitative estimate of drug-likeness (QED) is 0.293. The number of rotatable bonds is 8. The fraction of sp³-hybridized carbons (Fsp3) is 0.357. The van der Waals surface area contributed by atoms with Gasteiger partial charge >= 0.3 is 5.69 Å².